The zero-order valence-corrected chi connectivity index (χ0v) is 13.5. The van der Waals surface area contributed by atoms with E-state index in [-0.39, 0.29) is 12.5 Å². The minimum Gasteiger partial charge on any atom is -0.484 e. The van der Waals surface area contributed by atoms with Crippen LogP contribution in [-0.2, 0) is 4.79 Å². The third-order valence-electron chi connectivity index (χ3n) is 4.06. The maximum atomic E-state index is 12.1. The molecule has 1 fully saturated rings. The standard InChI is InChI=1S/C16H23ClN2O2/c1-3-13(2)18-8-10-19(11-9-18)16(20)12-21-15-6-4-14(17)5-7-15/h4-7,13H,3,8-12H2,1-2H3/t13-/m0/s1. The van der Waals surface area contributed by atoms with Crippen molar-refractivity contribution < 1.29 is 9.53 Å². The van der Waals surface area contributed by atoms with Crippen LogP contribution < -0.4 is 4.74 Å². The Morgan fingerprint density at radius 1 is 1.24 bits per heavy atom. The zero-order valence-electron chi connectivity index (χ0n) is 12.7. The molecule has 1 aliphatic heterocycles. The molecular formula is C16H23ClN2O2. The Morgan fingerprint density at radius 2 is 1.86 bits per heavy atom. The molecule has 1 heterocycles. The quantitative estimate of drug-likeness (QED) is 0.838. The molecule has 0 bridgehead atoms. The van der Waals surface area contributed by atoms with Crippen molar-refractivity contribution >= 4 is 17.5 Å². The van der Waals surface area contributed by atoms with Crippen LogP contribution in [0.2, 0.25) is 5.02 Å². The lowest BCUT2D eigenvalue weighted by atomic mass is 10.2. The molecule has 0 saturated carbocycles. The molecule has 0 unspecified atom stereocenters. The lowest BCUT2D eigenvalue weighted by Crippen LogP contribution is -2.52. The summed E-state index contributed by atoms with van der Waals surface area (Å²) in [6.07, 6.45) is 1.15. The fourth-order valence-electron chi connectivity index (χ4n) is 2.44. The van der Waals surface area contributed by atoms with Crippen LogP contribution in [-0.4, -0.2) is 54.5 Å². The number of hydrogen-bond donors (Lipinski definition) is 0. The fraction of sp³-hybridized carbons (Fsp3) is 0.562. The van der Waals surface area contributed by atoms with Crippen molar-refractivity contribution in [2.24, 2.45) is 0 Å². The van der Waals surface area contributed by atoms with E-state index in [2.05, 4.69) is 18.7 Å². The molecule has 0 aromatic heterocycles. The Hall–Kier alpha value is -1.26. The summed E-state index contributed by atoms with van der Waals surface area (Å²) in [4.78, 5) is 16.5. The molecule has 0 N–H and O–H groups in total. The molecule has 5 heteroatoms. The number of ether oxygens (including phenoxy) is 1. The lowest BCUT2D eigenvalue weighted by molar-refractivity contribution is -0.135. The molecule has 1 aliphatic rings. The number of nitrogens with zero attached hydrogens (tertiary/aromatic N) is 2. The summed E-state index contributed by atoms with van der Waals surface area (Å²) in [6, 6.07) is 7.65. The van der Waals surface area contributed by atoms with Gasteiger partial charge in [-0.3, -0.25) is 9.69 Å². The van der Waals surface area contributed by atoms with Crippen LogP contribution in [0, 0.1) is 0 Å². The van der Waals surface area contributed by atoms with Gasteiger partial charge in [-0.2, -0.15) is 0 Å². The first kappa shape index (κ1) is 16.1. The molecular weight excluding hydrogens is 288 g/mol. The monoisotopic (exact) mass is 310 g/mol. The van der Waals surface area contributed by atoms with Gasteiger partial charge in [0.25, 0.3) is 5.91 Å². The molecule has 2 rings (SSSR count). The smallest absolute Gasteiger partial charge is 0.260 e. The van der Waals surface area contributed by atoms with Crippen molar-refractivity contribution in [3.05, 3.63) is 29.3 Å². The minimum atomic E-state index is 0.0498. The second kappa shape index (κ2) is 7.66. The van der Waals surface area contributed by atoms with E-state index < -0.39 is 0 Å². The minimum absolute atomic E-state index is 0.0498. The zero-order chi connectivity index (χ0) is 15.2. The van der Waals surface area contributed by atoms with E-state index in [4.69, 9.17) is 16.3 Å². The lowest BCUT2D eigenvalue weighted by Gasteiger charge is -2.37. The number of piperazine rings is 1. The number of carbonyl (C=O) groups is 1. The number of hydrogen-bond acceptors (Lipinski definition) is 3. The Balaban J connectivity index is 1.76. The third-order valence-corrected chi connectivity index (χ3v) is 4.31. The van der Waals surface area contributed by atoms with Crippen LogP contribution in [0.25, 0.3) is 0 Å². The molecule has 1 amide bonds. The average molecular weight is 311 g/mol. The van der Waals surface area contributed by atoms with Gasteiger partial charge in [-0.25, -0.2) is 0 Å². The van der Waals surface area contributed by atoms with Crippen molar-refractivity contribution in [2.75, 3.05) is 32.8 Å². The molecule has 4 nitrogen and oxygen atoms in total. The van der Waals surface area contributed by atoms with E-state index in [0.29, 0.717) is 16.8 Å². The fourth-order valence-corrected chi connectivity index (χ4v) is 2.56. The summed E-state index contributed by atoms with van der Waals surface area (Å²) in [5, 5.41) is 0.662. The maximum absolute atomic E-state index is 12.1. The highest BCUT2D eigenvalue weighted by molar-refractivity contribution is 6.30. The van der Waals surface area contributed by atoms with Gasteiger partial charge in [0.15, 0.2) is 6.61 Å². The molecule has 116 valence electrons. The van der Waals surface area contributed by atoms with Gasteiger partial charge in [-0.1, -0.05) is 18.5 Å². The van der Waals surface area contributed by atoms with Gasteiger partial charge < -0.3 is 9.64 Å². The van der Waals surface area contributed by atoms with E-state index in [9.17, 15) is 4.79 Å². The Kier molecular flexibility index (Phi) is 5.88. The molecule has 21 heavy (non-hydrogen) atoms. The summed E-state index contributed by atoms with van der Waals surface area (Å²) >= 11 is 5.81. The Bertz CT molecular complexity index is 456. The van der Waals surface area contributed by atoms with Gasteiger partial charge in [-0.15, -0.1) is 0 Å². The first-order chi connectivity index (χ1) is 10.1. The van der Waals surface area contributed by atoms with Gasteiger partial charge in [0.2, 0.25) is 0 Å². The van der Waals surface area contributed by atoms with Crippen LogP contribution in [0.5, 0.6) is 5.75 Å². The van der Waals surface area contributed by atoms with Gasteiger partial charge in [0.05, 0.1) is 0 Å². The number of carbonyl (C=O) groups excluding carboxylic acids is 1. The Morgan fingerprint density at radius 3 is 2.43 bits per heavy atom. The van der Waals surface area contributed by atoms with Crippen molar-refractivity contribution in [3.63, 3.8) is 0 Å². The summed E-state index contributed by atoms with van der Waals surface area (Å²) in [7, 11) is 0. The van der Waals surface area contributed by atoms with Gasteiger partial charge in [-0.05, 0) is 37.6 Å². The summed E-state index contributed by atoms with van der Waals surface area (Å²) in [5.74, 6) is 0.722. The van der Waals surface area contributed by atoms with Crippen LogP contribution in [0.15, 0.2) is 24.3 Å². The normalized spacial score (nSPS) is 17.6. The van der Waals surface area contributed by atoms with E-state index in [1.807, 2.05) is 4.90 Å². The molecule has 1 aromatic rings. The SMILES string of the molecule is CC[C@H](C)N1CCN(C(=O)COc2ccc(Cl)cc2)CC1. The average Bonchev–Trinajstić information content (AvgIpc) is 2.53. The molecule has 0 radical (unpaired) electrons. The predicted molar refractivity (Wildman–Crippen MR) is 84.9 cm³/mol. The van der Waals surface area contributed by atoms with Crippen molar-refractivity contribution in [3.8, 4) is 5.75 Å². The second-order valence-corrected chi connectivity index (χ2v) is 5.85. The van der Waals surface area contributed by atoms with Crippen LogP contribution in [0.3, 0.4) is 0 Å². The predicted octanol–water partition coefficient (Wildman–Crippen LogP) is 2.66. The van der Waals surface area contributed by atoms with E-state index in [1.165, 1.54) is 0 Å². The molecule has 1 atom stereocenters. The van der Waals surface area contributed by atoms with Crippen LogP contribution >= 0.6 is 11.6 Å². The van der Waals surface area contributed by atoms with Crippen molar-refractivity contribution in [1.29, 1.82) is 0 Å². The highest BCUT2D eigenvalue weighted by atomic mass is 35.5. The van der Waals surface area contributed by atoms with E-state index >= 15 is 0 Å². The summed E-state index contributed by atoms with van der Waals surface area (Å²) in [5.41, 5.74) is 0. The topological polar surface area (TPSA) is 32.8 Å². The van der Waals surface area contributed by atoms with E-state index in [1.54, 1.807) is 24.3 Å². The largest absolute Gasteiger partial charge is 0.484 e. The van der Waals surface area contributed by atoms with Crippen LogP contribution in [0.1, 0.15) is 20.3 Å². The second-order valence-electron chi connectivity index (χ2n) is 5.42. The summed E-state index contributed by atoms with van der Waals surface area (Å²) in [6.45, 7) is 7.98. The highest BCUT2D eigenvalue weighted by Crippen LogP contribution is 2.16. The maximum Gasteiger partial charge on any atom is 0.260 e. The van der Waals surface area contributed by atoms with E-state index in [0.717, 1.165) is 32.6 Å². The number of halogens is 1. The van der Waals surface area contributed by atoms with Gasteiger partial charge >= 0.3 is 0 Å². The van der Waals surface area contributed by atoms with Crippen molar-refractivity contribution in [1.82, 2.24) is 9.80 Å². The third kappa shape index (κ3) is 4.61. The Labute approximate surface area is 131 Å². The van der Waals surface area contributed by atoms with Gasteiger partial charge in [0, 0.05) is 37.2 Å². The number of benzene rings is 1. The first-order valence-corrected chi connectivity index (χ1v) is 7.88. The molecule has 0 spiro atoms. The highest BCUT2D eigenvalue weighted by Gasteiger charge is 2.23. The first-order valence-electron chi connectivity index (χ1n) is 7.50. The van der Waals surface area contributed by atoms with Gasteiger partial charge in [0.1, 0.15) is 5.75 Å². The number of amides is 1. The summed E-state index contributed by atoms with van der Waals surface area (Å²) < 4.78 is 5.51. The molecule has 1 aromatic carbocycles. The van der Waals surface area contributed by atoms with Crippen LogP contribution in [0.4, 0.5) is 0 Å². The molecule has 1 saturated heterocycles. The number of rotatable bonds is 5. The van der Waals surface area contributed by atoms with Crippen molar-refractivity contribution in [2.45, 2.75) is 26.3 Å². The molecule has 0 aliphatic carbocycles.